The van der Waals surface area contributed by atoms with Crippen LogP contribution in [0.3, 0.4) is 0 Å². The lowest BCUT2D eigenvalue weighted by molar-refractivity contribution is 0.133. The average molecular weight is 236 g/mol. The third-order valence-corrected chi connectivity index (χ3v) is 2.36. The lowest BCUT2D eigenvalue weighted by atomic mass is 10.2. The molecule has 0 spiro atoms. The molecule has 2 rings (SSSR count). The highest BCUT2D eigenvalue weighted by Crippen LogP contribution is 2.18. The topological polar surface area (TPSA) is 103 Å². The molecule has 0 aliphatic carbocycles. The summed E-state index contributed by atoms with van der Waals surface area (Å²) in [6, 6.07) is 0.250. The fourth-order valence-corrected chi connectivity index (χ4v) is 1.45. The third-order valence-electron chi connectivity index (χ3n) is 2.36. The molecule has 0 radical (unpaired) electrons. The number of nitrogens with two attached hydrogens (primary N) is 1. The second-order valence-electron chi connectivity index (χ2n) is 3.87. The van der Waals surface area contributed by atoms with Crippen LogP contribution >= 0.6 is 0 Å². The maximum atomic E-state index is 5.84. The van der Waals surface area contributed by atoms with Gasteiger partial charge in [0.15, 0.2) is 5.84 Å². The van der Waals surface area contributed by atoms with Crippen LogP contribution < -0.4 is 22.0 Å². The molecule has 1 aliphatic rings. The molecule has 0 bridgehead atoms. The van der Waals surface area contributed by atoms with Crippen LogP contribution in [0.4, 0.5) is 11.6 Å². The van der Waals surface area contributed by atoms with Gasteiger partial charge in [-0.05, 0) is 13.8 Å². The largest absolute Gasteiger partial charge is 0.383 e. The zero-order valence-corrected chi connectivity index (χ0v) is 10.0. The van der Waals surface area contributed by atoms with E-state index in [1.54, 1.807) is 12.2 Å². The van der Waals surface area contributed by atoms with Gasteiger partial charge < -0.3 is 11.1 Å². The van der Waals surface area contributed by atoms with E-state index in [9.17, 15) is 0 Å². The molecule has 8 heteroatoms. The molecule has 92 valence electrons. The van der Waals surface area contributed by atoms with Crippen molar-refractivity contribution in [1.29, 1.82) is 0 Å². The molecular formula is C9H16N8. The third kappa shape index (κ3) is 2.07. The van der Waals surface area contributed by atoms with Crippen molar-refractivity contribution < 1.29 is 0 Å². The van der Waals surface area contributed by atoms with Crippen LogP contribution in [-0.2, 0) is 0 Å². The van der Waals surface area contributed by atoms with Crippen LogP contribution in [0.2, 0.25) is 0 Å². The predicted molar refractivity (Wildman–Crippen MR) is 65.8 cm³/mol. The van der Waals surface area contributed by atoms with Crippen molar-refractivity contribution in [3.8, 4) is 0 Å². The smallest absolute Gasteiger partial charge is 0.178 e. The van der Waals surface area contributed by atoms with Gasteiger partial charge in [-0.1, -0.05) is 0 Å². The van der Waals surface area contributed by atoms with E-state index in [0.29, 0.717) is 23.0 Å². The number of nitrogens with zero attached hydrogens (tertiary/aromatic N) is 4. The molecule has 1 aromatic heterocycles. The molecule has 1 aromatic rings. The SMILES string of the molecule is CNc1ncnc(N)c1C1=NNN(C(C)C)N1. The van der Waals surface area contributed by atoms with Gasteiger partial charge in [0.1, 0.15) is 23.5 Å². The predicted octanol–water partition coefficient (Wildman–Crippen LogP) is -0.505. The number of hydrogen-bond donors (Lipinski definition) is 4. The van der Waals surface area contributed by atoms with Gasteiger partial charge in [0.25, 0.3) is 0 Å². The molecule has 17 heavy (non-hydrogen) atoms. The van der Waals surface area contributed by atoms with E-state index in [-0.39, 0.29) is 6.04 Å². The summed E-state index contributed by atoms with van der Waals surface area (Å²) in [6.45, 7) is 4.06. The summed E-state index contributed by atoms with van der Waals surface area (Å²) in [5, 5.41) is 8.88. The lowest BCUT2D eigenvalue weighted by Gasteiger charge is -2.19. The highest BCUT2D eigenvalue weighted by molar-refractivity contribution is 6.06. The minimum absolute atomic E-state index is 0.250. The maximum absolute atomic E-state index is 5.84. The molecule has 0 saturated heterocycles. The van der Waals surface area contributed by atoms with Crippen molar-refractivity contribution in [2.75, 3.05) is 18.1 Å². The molecule has 1 aliphatic heterocycles. The number of hydrazone groups is 1. The van der Waals surface area contributed by atoms with Gasteiger partial charge in [-0.3, -0.25) is 5.43 Å². The minimum atomic E-state index is 0.250. The number of anilines is 2. The first-order valence-corrected chi connectivity index (χ1v) is 5.31. The van der Waals surface area contributed by atoms with E-state index in [1.165, 1.54) is 6.33 Å². The van der Waals surface area contributed by atoms with Crippen molar-refractivity contribution in [2.24, 2.45) is 5.10 Å². The monoisotopic (exact) mass is 236 g/mol. The first kappa shape index (κ1) is 11.4. The van der Waals surface area contributed by atoms with Gasteiger partial charge in [-0.25, -0.2) is 15.5 Å². The Labute approximate surface area is 99.2 Å². The van der Waals surface area contributed by atoms with Crippen LogP contribution in [0.25, 0.3) is 0 Å². The highest BCUT2D eigenvalue weighted by atomic mass is 15.9. The lowest BCUT2D eigenvalue weighted by Crippen LogP contribution is -2.46. The quantitative estimate of drug-likeness (QED) is 0.560. The first-order chi connectivity index (χ1) is 8.13. The molecule has 0 amide bonds. The van der Waals surface area contributed by atoms with Gasteiger partial charge in [0, 0.05) is 13.1 Å². The average Bonchev–Trinajstić information content (AvgIpc) is 2.77. The highest BCUT2D eigenvalue weighted by Gasteiger charge is 2.23. The van der Waals surface area contributed by atoms with Crippen LogP contribution in [0.5, 0.6) is 0 Å². The molecular weight excluding hydrogens is 220 g/mol. The summed E-state index contributed by atoms with van der Waals surface area (Å²) < 4.78 is 0. The van der Waals surface area contributed by atoms with E-state index < -0.39 is 0 Å². The number of hydrogen-bond acceptors (Lipinski definition) is 8. The van der Waals surface area contributed by atoms with Crippen molar-refractivity contribution in [3.63, 3.8) is 0 Å². The minimum Gasteiger partial charge on any atom is -0.383 e. The Morgan fingerprint density at radius 2 is 2.18 bits per heavy atom. The van der Waals surface area contributed by atoms with Gasteiger partial charge in [-0.2, -0.15) is 0 Å². The standard InChI is InChI=1S/C9H16N8/c1-5(2)17-15-9(14-16-17)6-7(10)12-4-13-8(6)11-3/h4-5,16H,1-3H3,(H,14,15)(H3,10,11,12,13). The van der Waals surface area contributed by atoms with E-state index >= 15 is 0 Å². The van der Waals surface area contributed by atoms with Crippen molar-refractivity contribution >= 4 is 17.5 Å². The van der Waals surface area contributed by atoms with Gasteiger partial charge in [-0.15, -0.1) is 10.2 Å². The molecule has 0 unspecified atom stereocenters. The Hall–Kier alpha value is -2.09. The summed E-state index contributed by atoms with van der Waals surface area (Å²) in [5.74, 6) is 1.61. The van der Waals surface area contributed by atoms with E-state index in [0.717, 1.165) is 0 Å². The zero-order chi connectivity index (χ0) is 12.4. The molecule has 0 aromatic carbocycles. The Morgan fingerprint density at radius 1 is 1.41 bits per heavy atom. The molecule has 0 fully saturated rings. The number of aromatic nitrogens is 2. The van der Waals surface area contributed by atoms with E-state index in [2.05, 4.69) is 31.3 Å². The zero-order valence-electron chi connectivity index (χ0n) is 10.0. The van der Waals surface area contributed by atoms with Gasteiger partial charge >= 0.3 is 0 Å². The molecule has 0 atom stereocenters. The summed E-state index contributed by atoms with van der Waals surface area (Å²) >= 11 is 0. The number of amidine groups is 1. The van der Waals surface area contributed by atoms with Crippen LogP contribution in [-0.4, -0.2) is 34.0 Å². The summed E-state index contributed by atoms with van der Waals surface area (Å²) in [4.78, 5) is 8.06. The fourth-order valence-electron chi connectivity index (χ4n) is 1.45. The number of nitrogen functional groups attached to an aromatic ring is 1. The normalized spacial score (nSPS) is 15.4. The molecule has 0 saturated carbocycles. The van der Waals surface area contributed by atoms with Crippen LogP contribution in [0, 0.1) is 0 Å². The Kier molecular flexibility index (Phi) is 2.96. The Balaban J connectivity index is 2.30. The summed E-state index contributed by atoms with van der Waals surface area (Å²) in [6.07, 6.45) is 1.41. The van der Waals surface area contributed by atoms with E-state index in [4.69, 9.17) is 5.73 Å². The second-order valence-corrected chi connectivity index (χ2v) is 3.87. The number of nitrogens with one attached hydrogen (secondary N) is 3. The second kappa shape index (κ2) is 4.42. The van der Waals surface area contributed by atoms with Crippen LogP contribution in [0.15, 0.2) is 11.4 Å². The molecule has 8 nitrogen and oxygen atoms in total. The van der Waals surface area contributed by atoms with Crippen molar-refractivity contribution in [2.45, 2.75) is 19.9 Å². The fraction of sp³-hybridized carbons (Fsp3) is 0.444. The number of rotatable bonds is 3. The van der Waals surface area contributed by atoms with Crippen LogP contribution in [0.1, 0.15) is 19.4 Å². The van der Waals surface area contributed by atoms with E-state index in [1.807, 2.05) is 13.8 Å². The summed E-state index contributed by atoms with van der Waals surface area (Å²) in [5.41, 5.74) is 12.4. The van der Waals surface area contributed by atoms with Gasteiger partial charge in [0.2, 0.25) is 0 Å². The Morgan fingerprint density at radius 3 is 2.76 bits per heavy atom. The van der Waals surface area contributed by atoms with Crippen molar-refractivity contribution in [1.82, 2.24) is 26.0 Å². The summed E-state index contributed by atoms with van der Waals surface area (Å²) in [7, 11) is 1.77. The van der Waals surface area contributed by atoms with Crippen molar-refractivity contribution in [3.05, 3.63) is 11.9 Å². The molecule has 2 heterocycles. The first-order valence-electron chi connectivity index (χ1n) is 5.31. The van der Waals surface area contributed by atoms with Gasteiger partial charge in [0.05, 0.1) is 0 Å². The molecule has 5 N–H and O–H groups in total. The number of hydrazine groups is 2. The maximum Gasteiger partial charge on any atom is 0.178 e. The Bertz CT molecular complexity index is 441.